The van der Waals surface area contributed by atoms with E-state index in [-0.39, 0.29) is 16.7 Å². The third kappa shape index (κ3) is 3.56. The van der Waals surface area contributed by atoms with E-state index < -0.39 is 5.82 Å². The number of hydrogen-bond acceptors (Lipinski definition) is 5. The fraction of sp³-hybridized carbons (Fsp3) is 0.158. The molecule has 1 aliphatic heterocycles. The average molecular weight is 388 g/mol. The topological polar surface area (TPSA) is 60.0 Å². The van der Waals surface area contributed by atoms with Crippen molar-refractivity contribution in [1.82, 2.24) is 5.32 Å². The summed E-state index contributed by atoms with van der Waals surface area (Å²) >= 11 is 5.26. The third-order valence-electron chi connectivity index (χ3n) is 4.00. The van der Waals surface area contributed by atoms with Crippen LogP contribution in [0.25, 0.3) is 6.08 Å². The van der Waals surface area contributed by atoms with Gasteiger partial charge in [-0.05, 0) is 48.6 Å². The molecule has 3 rings (SSSR count). The fourth-order valence-corrected chi connectivity index (χ4v) is 2.98. The van der Waals surface area contributed by atoms with E-state index in [2.05, 4.69) is 5.32 Å². The molecule has 0 atom stereocenters. The van der Waals surface area contributed by atoms with Crippen LogP contribution >= 0.6 is 12.2 Å². The first-order valence-electron chi connectivity index (χ1n) is 7.91. The molecule has 0 bridgehead atoms. The Labute approximate surface area is 161 Å². The first-order chi connectivity index (χ1) is 13.0. The monoisotopic (exact) mass is 388 g/mol. The number of carbonyl (C=O) groups is 1. The molecule has 1 saturated heterocycles. The Bertz CT molecular complexity index is 928. The number of thiocarbonyl (C=S) groups is 1. The summed E-state index contributed by atoms with van der Waals surface area (Å²) in [6.45, 7) is 0. The molecule has 1 amide bonds. The molecule has 0 aliphatic carbocycles. The van der Waals surface area contributed by atoms with Crippen molar-refractivity contribution < 1.29 is 23.4 Å². The van der Waals surface area contributed by atoms with Crippen molar-refractivity contribution >= 4 is 35.0 Å². The molecule has 0 unspecified atom stereocenters. The summed E-state index contributed by atoms with van der Waals surface area (Å²) in [7, 11) is 4.56. The van der Waals surface area contributed by atoms with E-state index in [1.807, 2.05) is 0 Å². The van der Waals surface area contributed by atoms with Crippen molar-refractivity contribution in [2.45, 2.75) is 0 Å². The molecular formula is C19H17FN2O4S. The number of amides is 1. The summed E-state index contributed by atoms with van der Waals surface area (Å²) in [6, 6.07) is 8.88. The Morgan fingerprint density at radius 3 is 2.19 bits per heavy atom. The van der Waals surface area contributed by atoms with Gasteiger partial charge in [0.05, 0.1) is 27.0 Å². The third-order valence-corrected chi connectivity index (χ3v) is 4.28. The Hall–Kier alpha value is -3.13. The van der Waals surface area contributed by atoms with Crippen LogP contribution in [0.5, 0.6) is 17.2 Å². The first-order valence-corrected chi connectivity index (χ1v) is 8.32. The van der Waals surface area contributed by atoms with Crippen molar-refractivity contribution in [2.24, 2.45) is 0 Å². The number of nitrogens with zero attached hydrogens (tertiary/aromatic N) is 1. The lowest BCUT2D eigenvalue weighted by Gasteiger charge is -2.13. The number of ether oxygens (including phenoxy) is 3. The van der Waals surface area contributed by atoms with Crippen molar-refractivity contribution in [2.75, 3.05) is 26.2 Å². The Balaban J connectivity index is 1.99. The molecule has 6 nitrogen and oxygen atoms in total. The highest BCUT2D eigenvalue weighted by Crippen LogP contribution is 2.36. The smallest absolute Gasteiger partial charge is 0.281 e. The van der Waals surface area contributed by atoms with E-state index in [9.17, 15) is 9.18 Å². The molecule has 0 radical (unpaired) electrons. The van der Waals surface area contributed by atoms with E-state index in [0.717, 1.165) is 0 Å². The molecule has 0 spiro atoms. The second-order valence-electron chi connectivity index (χ2n) is 5.55. The number of anilines is 1. The van der Waals surface area contributed by atoms with Crippen LogP contribution in [0.15, 0.2) is 42.1 Å². The van der Waals surface area contributed by atoms with E-state index >= 15 is 0 Å². The maximum Gasteiger partial charge on any atom is 0.281 e. The van der Waals surface area contributed by atoms with Gasteiger partial charge < -0.3 is 19.5 Å². The number of carbonyl (C=O) groups excluding carboxylic acids is 1. The number of hydrogen-bond donors (Lipinski definition) is 1. The normalized spacial score (nSPS) is 15.1. The standard InChI is InChI=1S/C19H17FN2O4S/c1-24-15-10-17(26-3)16(25-2)9-11(15)8-14-18(23)22(19(27)21-14)13-6-4-12(20)5-7-13/h4-10H,1-3H3,(H,21,27)/b14-8+. The molecule has 27 heavy (non-hydrogen) atoms. The predicted molar refractivity (Wildman–Crippen MR) is 104 cm³/mol. The molecule has 1 heterocycles. The van der Waals surface area contributed by atoms with E-state index in [0.29, 0.717) is 28.5 Å². The quantitative estimate of drug-likeness (QED) is 0.627. The minimum Gasteiger partial charge on any atom is -0.496 e. The second kappa shape index (κ2) is 7.63. The SMILES string of the molecule is COc1cc(OC)c(OC)cc1/C=C1/NC(=S)N(c2ccc(F)cc2)C1=O. The van der Waals surface area contributed by atoms with Crippen LogP contribution in [0, 0.1) is 5.82 Å². The Morgan fingerprint density at radius 1 is 1.00 bits per heavy atom. The van der Waals surface area contributed by atoms with Crippen molar-refractivity contribution in [3.63, 3.8) is 0 Å². The lowest BCUT2D eigenvalue weighted by molar-refractivity contribution is -0.113. The molecule has 0 aromatic heterocycles. The number of rotatable bonds is 5. The van der Waals surface area contributed by atoms with Crippen LogP contribution in [0.1, 0.15) is 5.56 Å². The summed E-state index contributed by atoms with van der Waals surface area (Å²) in [5.41, 5.74) is 1.34. The first kappa shape index (κ1) is 18.7. The van der Waals surface area contributed by atoms with E-state index in [1.54, 1.807) is 18.2 Å². The second-order valence-corrected chi connectivity index (χ2v) is 5.94. The van der Waals surface area contributed by atoms with Gasteiger partial charge in [0.1, 0.15) is 17.3 Å². The average Bonchev–Trinajstić information content (AvgIpc) is 2.95. The van der Waals surface area contributed by atoms with Crippen LogP contribution in [0.2, 0.25) is 0 Å². The number of halogens is 1. The molecule has 2 aromatic carbocycles. The zero-order chi connectivity index (χ0) is 19.6. The highest BCUT2D eigenvalue weighted by molar-refractivity contribution is 7.80. The Morgan fingerprint density at radius 2 is 1.59 bits per heavy atom. The lowest BCUT2D eigenvalue weighted by atomic mass is 10.1. The summed E-state index contributed by atoms with van der Waals surface area (Å²) < 4.78 is 29.1. The van der Waals surface area contributed by atoms with Crippen LogP contribution in [0.3, 0.4) is 0 Å². The van der Waals surface area contributed by atoms with Crippen molar-refractivity contribution in [3.05, 3.63) is 53.5 Å². The van der Waals surface area contributed by atoms with Gasteiger partial charge in [-0.3, -0.25) is 9.69 Å². The van der Waals surface area contributed by atoms with Crippen LogP contribution < -0.4 is 24.4 Å². The summed E-state index contributed by atoms with van der Waals surface area (Å²) in [5, 5.41) is 3.09. The van der Waals surface area contributed by atoms with Crippen molar-refractivity contribution in [3.8, 4) is 17.2 Å². The van der Waals surface area contributed by atoms with Gasteiger partial charge in [-0.15, -0.1) is 0 Å². The maximum atomic E-state index is 13.1. The molecular weight excluding hydrogens is 371 g/mol. The number of benzene rings is 2. The van der Waals surface area contributed by atoms with Gasteiger partial charge in [0.25, 0.3) is 5.91 Å². The van der Waals surface area contributed by atoms with E-state index in [4.69, 9.17) is 26.4 Å². The minimum absolute atomic E-state index is 0.206. The molecule has 1 fully saturated rings. The van der Waals surface area contributed by atoms with Crippen LogP contribution in [0.4, 0.5) is 10.1 Å². The summed E-state index contributed by atoms with van der Waals surface area (Å²) in [6.07, 6.45) is 1.61. The van der Waals surface area contributed by atoms with Crippen molar-refractivity contribution in [1.29, 1.82) is 0 Å². The largest absolute Gasteiger partial charge is 0.496 e. The number of nitrogens with one attached hydrogen (secondary N) is 1. The van der Waals surface area contributed by atoms with E-state index in [1.165, 1.54) is 50.5 Å². The number of methoxy groups -OCH3 is 3. The fourth-order valence-electron chi connectivity index (χ4n) is 2.68. The van der Waals surface area contributed by atoms with Crippen LogP contribution in [-0.4, -0.2) is 32.3 Å². The molecule has 1 N–H and O–H groups in total. The lowest BCUT2D eigenvalue weighted by Crippen LogP contribution is -2.30. The van der Waals surface area contributed by atoms with Gasteiger partial charge in [-0.25, -0.2) is 4.39 Å². The summed E-state index contributed by atoms with van der Waals surface area (Å²) in [5.74, 6) is 0.749. The van der Waals surface area contributed by atoms with Gasteiger partial charge in [0.2, 0.25) is 0 Å². The van der Waals surface area contributed by atoms with Crippen LogP contribution in [-0.2, 0) is 4.79 Å². The highest BCUT2D eigenvalue weighted by atomic mass is 32.1. The highest BCUT2D eigenvalue weighted by Gasteiger charge is 2.32. The van der Waals surface area contributed by atoms with Gasteiger partial charge >= 0.3 is 0 Å². The molecule has 140 valence electrons. The van der Waals surface area contributed by atoms with Gasteiger partial charge in [0, 0.05) is 11.6 Å². The zero-order valence-corrected chi connectivity index (χ0v) is 15.7. The minimum atomic E-state index is -0.393. The van der Waals surface area contributed by atoms with Gasteiger partial charge in [0.15, 0.2) is 16.6 Å². The molecule has 8 heteroatoms. The Kier molecular flexibility index (Phi) is 5.27. The molecule has 0 saturated carbocycles. The van der Waals surface area contributed by atoms with Gasteiger partial charge in [-0.1, -0.05) is 0 Å². The maximum absolute atomic E-state index is 13.1. The molecule has 1 aliphatic rings. The zero-order valence-electron chi connectivity index (χ0n) is 14.9. The summed E-state index contributed by atoms with van der Waals surface area (Å²) in [4.78, 5) is 14.1. The van der Waals surface area contributed by atoms with Gasteiger partial charge in [-0.2, -0.15) is 0 Å². The predicted octanol–water partition coefficient (Wildman–Crippen LogP) is 3.11. The molecule has 2 aromatic rings.